The standard InChI is InChI=1S/C15H18ClF3N2O/c16-12-7-6-10(15(17,18)19)8-13(12)20-9-14(22)21-11-4-2-1-3-5-11/h6-8,11,20H,1-5,9H2,(H,21,22). The Morgan fingerprint density at radius 1 is 1.23 bits per heavy atom. The normalized spacial score (nSPS) is 16.4. The van der Waals surface area contributed by atoms with Crippen LogP contribution in [0.3, 0.4) is 0 Å². The van der Waals surface area contributed by atoms with E-state index in [1.54, 1.807) is 0 Å². The van der Waals surface area contributed by atoms with E-state index in [9.17, 15) is 18.0 Å². The fourth-order valence-corrected chi connectivity index (χ4v) is 2.72. The second-order valence-electron chi connectivity index (χ2n) is 5.45. The number of benzene rings is 1. The van der Waals surface area contributed by atoms with Gasteiger partial charge in [-0.3, -0.25) is 4.79 Å². The largest absolute Gasteiger partial charge is 0.416 e. The van der Waals surface area contributed by atoms with Crippen molar-refractivity contribution in [2.45, 2.75) is 44.3 Å². The highest BCUT2D eigenvalue weighted by Crippen LogP contribution is 2.33. The number of anilines is 1. The molecule has 0 heterocycles. The Bertz CT molecular complexity index is 528. The van der Waals surface area contributed by atoms with Crippen molar-refractivity contribution < 1.29 is 18.0 Å². The third kappa shape index (κ3) is 4.80. The van der Waals surface area contributed by atoms with Crippen molar-refractivity contribution in [1.82, 2.24) is 5.32 Å². The van der Waals surface area contributed by atoms with Crippen LogP contribution >= 0.6 is 11.6 Å². The Morgan fingerprint density at radius 3 is 2.55 bits per heavy atom. The van der Waals surface area contributed by atoms with E-state index in [0.717, 1.165) is 37.8 Å². The quantitative estimate of drug-likeness (QED) is 0.865. The van der Waals surface area contributed by atoms with Gasteiger partial charge in [-0.05, 0) is 31.0 Å². The monoisotopic (exact) mass is 334 g/mol. The van der Waals surface area contributed by atoms with Gasteiger partial charge < -0.3 is 10.6 Å². The summed E-state index contributed by atoms with van der Waals surface area (Å²) in [5.74, 6) is -0.236. The van der Waals surface area contributed by atoms with Crippen molar-refractivity contribution in [2.24, 2.45) is 0 Å². The second kappa shape index (κ2) is 7.22. The zero-order valence-corrected chi connectivity index (χ0v) is 12.7. The molecule has 0 spiro atoms. The summed E-state index contributed by atoms with van der Waals surface area (Å²) in [6.45, 7) is -0.0997. The SMILES string of the molecule is O=C(CNc1cc(C(F)(F)F)ccc1Cl)NC1CCCCC1. The van der Waals surface area contributed by atoms with Crippen molar-refractivity contribution in [2.75, 3.05) is 11.9 Å². The van der Waals surface area contributed by atoms with Crippen molar-refractivity contribution in [3.05, 3.63) is 28.8 Å². The highest BCUT2D eigenvalue weighted by atomic mass is 35.5. The molecule has 1 aliphatic rings. The number of rotatable bonds is 4. The summed E-state index contributed by atoms with van der Waals surface area (Å²) in [4.78, 5) is 11.8. The van der Waals surface area contributed by atoms with Gasteiger partial charge >= 0.3 is 6.18 Å². The molecule has 0 radical (unpaired) electrons. The predicted molar refractivity (Wildman–Crippen MR) is 80.0 cm³/mol. The molecule has 1 aromatic carbocycles. The van der Waals surface area contributed by atoms with E-state index < -0.39 is 11.7 Å². The van der Waals surface area contributed by atoms with Crippen molar-refractivity contribution in [1.29, 1.82) is 0 Å². The Labute approximate surface area is 132 Å². The Morgan fingerprint density at radius 2 is 1.91 bits per heavy atom. The molecular formula is C15H18ClF3N2O. The first kappa shape index (κ1) is 16.9. The molecule has 0 aliphatic heterocycles. The number of halogens is 4. The fraction of sp³-hybridized carbons (Fsp3) is 0.533. The molecule has 1 aliphatic carbocycles. The number of hydrogen-bond donors (Lipinski definition) is 2. The zero-order chi connectivity index (χ0) is 16.2. The summed E-state index contributed by atoms with van der Waals surface area (Å²) in [7, 11) is 0. The third-order valence-electron chi connectivity index (χ3n) is 3.70. The maximum atomic E-state index is 12.7. The molecule has 1 fully saturated rings. The first-order chi connectivity index (χ1) is 10.4. The lowest BCUT2D eigenvalue weighted by Gasteiger charge is -2.23. The number of nitrogens with one attached hydrogen (secondary N) is 2. The van der Waals surface area contributed by atoms with Crippen LogP contribution in [-0.4, -0.2) is 18.5 Å². The highest BCUT2D eigenvalue weighted by Gasteiger charge is 2.31. The highest BCUT2D eigenvalue weighted by molar-refractivity contribution is 6.33. The van der Waals surface area contributed by atoms with Crippen molar-refractivity contribution in [3.8, 4) is 0 Å². The average molecular weight is 335 g/mol. The minimum Gasteiger partial charge on any atom is -0.375 e. The van der Waals surface area contributed by atoms with E-state index in [0.29, 0.717) is 0 Å². The van der Waals surface area contributed by atoms with Crippen LogP contribution in [0, 0.1) is 0 Å². The predicted octanol–water partition coefficient (Wildman–Crippen LogP) is 4.22. The van der Waals surface area contributed by atoms with Crippen LogP contribution in [0.1, 0.15) is 37.7 Å². The summed E-state index contributed by atoms with van der Waals surface area (Å²) in [6.07, 6.45) is 0.845. The number of alkyl halides is 3. The van der Waals surface area contributed by atoms with Crippen LogP contribution in [0.15, 0.2) is 18.2 Å². The van der Waals surface area contributed by atoms with E-state index in [2.05, 4.69) is 10.6 Å². The number of carbonyl (C=O) groups is 1. The van der Waals surface area contributed by atoms with Gasteiger partial charge in [0.15, 0.2) is 0 Å². The molecule has 0 unspecified atom stereocenters. The lowest BCUT2D eigenvalue weighted by molar-refractivity contribution is -0.137. The first-order valence-corrected chi connectivity index (χ1v) is 7.64. The lowest BCUT2D eigenvalue weighted by atomic mass is 9.95. The molecule has 0 aromatic heterocycles. The Kier molecular flexibility index (Phi) is 5.56. The van der Waals surface area contributed by atoms with E-state index in [1.165, 1.54) is 12.5 Å². The van der Waals surface area contributed by atoms with Crippen LogP contribution in [0.4, 0.5) is 18.9 Å². The van der Waals surface area contributed by atoms with Crippen LogP contribution in [0.2, 0.25) is 5.02 Å². The zero-order valence-electron chi connectivity index (χ0n) is 12.0. The topological polar surface area (TPSA) is 41.1 Å². The van der Waals surface area contributed by atoms with Gasteiger partial charge in [-0.2, -0.15) is 13.2 Å². The smallest absolute Gasteiger partial charge is 0.375 e. The Hall–Kier alpha value is -1.43. The molecule has 3 nitrogen and oxygen atoms in total. The molecule has 0 bridgehead atoms. The Balaban J connectivity index is 1.91. The molecule has 22 heavy (non-hydrogen) atoms. The number of carbonyl (C=O) groups excluding carboxylic acids is 1. The maximum Gasteiger partial charge on any atom is 0.416 e. The fourth-order valence-electron chi connectivity index (χ4n) is 2.54. The molecule has 7 heteroatoms. The molecule has 122 valence electrons. The van der Waals surface area contributed by atoms with Crippen molar-refractivity contribution in [3.63, 3.8) is 0 Å². The summed E-state index contributed by atoms with van der Waals surface area (Å²) in [6, 6.07) is 3.16. The van der Waals surface area contributed by atoms with E-state index in [4.69, 9.17) is 11.6 Å². The lowest BCUT2D eigenvalue weighted by Crippen LogP contribution is -2.39. The molecule has 1 amide bonds. The van der Waals surface area contributed by atoms with Gasteiger partial charge in [-0.1, -0.05) is 30.9 Å². The van der Waals surface area contributed by atoms with Gasteiger partial charge in [0.1, 0.15) is 0 Å². The van der Waals surface area contributed by atoms with Crippen molar-refractivity contribution >= 4 is 23.2 Å². The van der Waals surface area contributed by atoms with Crippen LogP contribution < -0.4 is 10.6 Å². The van der Waals surface area contributed by atoms with Gasteiger partial charge in [-0.25, -0.2) is 0 Å². The van der Waals surface area contributed by atoms with Gasteiger partial charge in [0.2, 0.25) is 5.91 Å². The summed E-state index contributed by atoms with van der Waals surface area (Å²) >= 11 is 5.86. The molecule has 1 saturated carbocycles. The molecule has 0 saturated heterocycles. The number of hydrogen-bond acceptors (Lipinski definition) is 2. The van der Waals surface area contributed by atoms with Gasteiger partial charge in [0.05, 0.1) is 22.8 Å². The van der Waals surface area contributed by atoms with E-state index in [1.807, 2.05) is 0 Å². The summed E-state index contributed by atoms with van der Waals surface area (Å²) < 4.78 is 38.0. The second-order valence-corrected chi connectivity index (χ2v) is 5.86. The van der Waals surface area contributed by atoms with Gasteiger partial charge in [0.25, 0.3) is 0 Å². The van der Waals surface area contributed by atoms with Crippen LogP contribution in [-0.2, 0) is 11.0 Å². The number of amides is 1. The van der Waals surface area contributed by atoms with E-state index in [-0.39, 0.29) is 29.2 Å². The summed E-state index contributed by atoms with van der Waals surface area (Å²) in [5, 5.41) is 5.71. The maximum absolute atomic E-state index is 12.7. The van der Waals surface area contributed by atoms with Gasteiger partial charge in [0, 0.05) is 6.04 Å². The molecule has 2 rings (SSSR count). The molecule has 2 N–H and O–H groups in total. The third-order valence-corrected chi connectivity index (χ3v) is 4.03. The van der Waals surface area contributed by atoms with Crippen LogP contribution in [0.5, 0.6) is 0 Å². The minimum absolute atomic E-state index is 0.0997. The molecular weight excluding hydrogens is 317 g/mol. The van der Waals surface area contributed by atoms with E-state index >= 15 is 0 Å². The average Bonchev–Trinajstić information content (AvgIpc) is 2.46. The summed E-state index contributed by atoms with van der Waals surface area (Å²) in [5.41, 5.74) is -0.692. The van der Waals surface area contributed by atoms with Crippen LogP contribution in [0.25, 0.3) is 0 Å². The minimum atomic E-state index is -4.44. The van der Waals surface area contributed by atoms with Gasteiger partial charge in [-0.15, -0.1) is 0 Å². The molecule has 0 atom stereocenters. The first-order valence-electron chi connectivity index (χ1n) is 7.26. The molecule has 1 aromatic rings.